The SMILES string of the molecule is Cc1cc(/C=C2/C(=O)NN(c3ccccc3)C2=O)c(C)n1-c1ccc(OCc2ccc(Br)cc2)cc1. The lowest BCUT2D eigenvalue weighted by Crippen LogP contribution is -2.35. The molecule has 0 saturated carbocycles. The van der Waals surface area contributed by atoms with Gasteiger partial charge in [0.2, 0.25) is 0 Å². The van der Waals surface area contributed by atoms with Gasteiger partial charge in [-0.1, -0.05) is 46.3 Å². The number of halogens is 1. The van der Waals surface area contributed by atoms with Crippen molar-refractivity contribution in [3.8, 4) is 11.4 Å². The van der Waals surface area contributed by atoms with Crippen molar-refractivity contribution in [3.05, 3.63) is 117 Å². The molecule has 3 aromatic carbocycles. The minimum Gasteiger partial charge on any atom is -0.489 e. The molecule has 2 heterocycles. The average Bonchev–Trinajstić information content (AvgIpc) is 3.33. The molecule has 0 atom stereocenters. The third kappa shape index (κ3) is 4.70. The van der Waals surface area contributed by atoms with E-state index in [-0.39, 0.29) is 11.5 Å². The first-order valence-corrected chi connectivity index (χ1v) is 12.3. The van der Waals surface area contributed by atoms with Gasteiger partial charge in [-0.05, 0) is 85.6 Å². The van der Waals surface area contributed by atoms with Crippen molar-refractivity contribution in [3.63, 3.8) is 0 Å². The lowest BCUT2D eigenvalue weighted by atomic mass is 10.1. The van der Waals surface area contributed by atoms with E-state index < -0.39 is 5.91 Å². The van der Waals surface area contributed by atoms with Crippen LogP contribution in [0.5, 0.6) is 5.75 Å². The van der Waals surface area contributed by atoms with E-state index in [4.69, 9.17) is 4.74 Å². The van der Waals surface area contributed by atoms with Gasteiger partial charge in [-0.3, -0.25) is 15.0 Å². The summed E-state index contributed by atoms with van der Waals surface area (Å²) < 4.78 is 9.06. The lowest BCUT2D eigenvalue weighted by molar-refractivity contribution is -0.117. The van der Waals surface area contributed by atoms with E-state index in [9.17, 15) is 9.59 Å². The predicted octanol–water partition coefficient (Wildman–Crippen LogP) is 5.90. The van der Waals surface area contributed by atoms with Crippen LogP contribution in [0.25, 0.3) is 11.8 Å². The Labute approximate surface area is 217 Å². The number of hydrogen-bond donors (Lipinski definition) is 1. The molecule has 2 amide bonds. The number of nitrogens with zero attached hydrogens (tertiary/aromatic N) is 2. The molecule has 0 bridgehead atoms. The molecule has 0 radical (unpaired) electrons. The molecule has 6 nitrogen and oxygen atoms in total. The van der Waals surface area contributed by atoms with Crippen molar-refractivity contribution < 1.29 is 14.3 Å². The maximum absolute atomic E-state index is 13.0. The Bertz CT molecular complexity index is 1460. The molecule has 1 aliphatic rings. The van der Waals surface area contributed by atoms with Crippen LogP contribution in [0.2, 0.25) is 0 Å². The second kappa shape index (κ2) is 9.87. The number of amides is 2. The molecular weight excluding hydrogens is 518 g/mol. The van der Waals surface area contributed by atoms with Crippen LogP contribution in [0.15, 0.2) is 95.0 Å². The summed E-state index contributed by atoms with van der Waals surface area (Å²) in [5, 5.41) is 1.28. The number of aryl methyl sites for hydroxylation is 1. The van der Waals surface area contributed by atoms with Crippen LogP contribution in [0.4, 0.5) is 5.69 Å². The normalized spacial score (nSPS) is 14.4. The first-order chi connectivity index (χ1) is 17.4. The smallest absolute Gasteiger partial charge is 0.282 e. The van der Waals surface area contributed by atoms with Crippen LogP contribution in [0.1, 0.15) is 22.5 Å². The van der Waals surface area contributed by atoms with Crippen LogP contribution in [0, 0.1) is 13.8 Å². The molecule has 1 N–H and O–H groups in total. The Morgan fingerprint density at radius 2 is 1.58 bits per heavy atom. The van der Waals surface area contributed by atoms with Gasteiger partial charge in [0.15, 0.2) is 0 Å². The maximum Gasteiger partial charge on any atom is 0.282 e. The van der Waals surface area contributed by atoms with E-state index in [0.29, 0.717) is 12.3 Å². The summed E-state index contributed by atoms with van der Waals surface area (Å²) in [7, 11) is 0. The van der Waals surface area contributed by atoms with Crippen molar-refractivity contribution in [2.75, 3.05) is 5.01 Å². The molecule has 0 aliphatic carbocycles. The molecule has 0 spiro atoms. The summed E-state index contributed by atoms with van der Waals surface area (Å²) in [4.78, 5) is 25.6. The monoisotopic (exact) mass is 541 g/mol. The van der Waals surface area contributed by atoms with Gasteiger partial charge in [-0.25, -0.2) is 5.01 Å². The van der Waals surface area contributed by atoms with Crippen LogP contribution in [-0.4, -0.2) is 16.4 Å². The van der Waals surface area contributed by atoms with Crippen molar-refractivity contribution in [2.24, 2.45) is 0 Å². The minimum atomic E-state index is -0.416. The highest BCUT2D eigenvalue weighted by atomic mass is 79.9. The Morgan fingerprint density at radius 3 is 2.28 bits per heavy atom. The van der Waals surface area contributed by atoms with E-state index in [1.165, 1.54) is 5.01 Å². The van der Waals surface area contributed by atoms with Crippen molar-refractivity contribution in [2.45, 2.75) is 20.5 Å². The number of hydrazine groups is 1. The van der Waals surface area contributed by atoms with E-state index in [0.717, 1.165) is 38.4 Å². The fraction of sp³-hybridized carbons (Fsp3) is 0.103. The molecule has 180 valence electrons. The van der Waals surface area contributed by atoms with Crippen LogP contribution >= 0.6 is 15.9 Å². The second-order valence-corrected chi connectivity index (χ2v) is 9.46. The summed E-state index contributed by atoms with van der Waals surface area (Å²) in [5.74, 6) is -0.00934. The van der Waals surface area contributed by atoms with E-state index in [1.54, 1.807) is 18.2 Å². The lowest BCUT2D eigenvalue weighted by Gasteiger charge is -2.13. The molecule has 5 rings (SSSR count). The van der Waals surface area contributed by atoms with Crippen molar-refractivity contribution in [1.82, 2.24) is 9.99 Å². The van der Waals surface area contributed by atoms with Gasteiger partial charge >= 0.3 is 0 Å². The number of nitrogens with one attached hydrogen (secondary N) is 1. The molecule has 36 heavy (non-hydrogen) atoms. The molecule has 4 aromatic rings. The molecule has 7 heteroatoms. The Morgan fingerprint density at radius 1 is 0.889 bits per heavy atom. The Balaban J connectivity index is 1.35. The Hall–Kier alpha value is -4.10. The van der Waals surface area contributed by atoms with Crippen LogP contribution < -0.4 is 15.2 Å². The Kier molecular flexibility index (Phi) is 6.48. The highest BCUT2D eigenvalue weighted by Gasteiger charge is 2.34. The summed E-state index contributed by atoms with van der Waals surface area (Å²) in [6.45, 7) is 4.46. The standard InChI is InChI=1S/C29H24BrN3O3/c1-19-16-22(17-27-28(34)31-33(29(27)35)25-6-4-3-5-7-25)20(2)32(19)24-12-14-26(15-13-24)36-18-21-8-10-23(30)11-9-21/h3-17H,18H2,1-2H3,(H,31,34)/b27-17-. The minimum absolute atomic E-state index is 0.107. The maximum atomic E-state index is 13.0. The third-order valence-electron chi connectivity index (χ3n) is 6.09. The number of hydrogen-bond acceptors (Lipinski definition) is 3. The molecule has 1 saturated heterocycles. The predicted molar refractivity (Wildman–Crippen MR) is 144 cm³/mol. The molecular formula is C29H24BrN3O3. The van der Waals surface area contributed by atoms with Crippen LogP contribution in [-0.2, 0) is 16.2 Å². The largest absolute Gasteiger partial charge is 0.489 e. The second-order valence-electron chi connectivity index (χ2n) is 8.55. The van der Waals surface area contributed by atoms with Crippen molar-refractivity contribution >= 4 is 39.5 Å². The number of carbonyl (C=O) groups is 2. The zero-order valence-corrected chi connectivity index (χ0v) is 21.5. The van der Waals surface area contributed by atoms with E-state index >= 15 is 0 Å². The zero-order chi connectivity index (χ0) is 25.2. The van der Waals surface area contributed by atoms with Gasteiger partial charge in [-0.2, -0.15) is 0 Å². The third-order valence-corrected chi connectivity index (χ3v) is 6.62. The topological polar surface area (TPSA) is 63.6 Å². The van der Waals surface area contributed by atoms with Gasteiger partial charge < -0.3 is 9.30 Å². The zero-order valence-electron chi connectivity index (χ0n) is 19.9. The summed E-state index contributed by atoms with van der Waals surface area (Å²) in [5.41, 5.74) is 8.18. The fourth-order valence-electron chi connectivity index (χ4n) is 4.24. The van der Waals surface area contributed by atoms with Crippen LogP contribution in [0.3, 0.4) is 0 Å². The van der Waals surface area contributed by atoms with Gasteiger partial charge in [0, 0.05) is 21.5 Å². The summed E-state index contributed by atoms with van der Waals surface area (Å²) in [6.07, 6.45) is 1.66. The van der Waals surface area contributed by atoms with Gasteiger partial charge in [-0.15, -0.1) is 0 Å². The first kappa shape index (κ1) is 23.6. The first-order valence-electron chi connectivity index (χ1n) is 11.5. The summed E-state index contributed by atoms with van der Waals surface area (Å²) >= 11 is 3.44. The number of rotatable bonds is 6. The number of para-hydroxylation sites is 1. The quantitative estimate of drug-likeness (QED) is 0.244. The number of benzene rings is 3. The molecule has 1 fully saturated rings. The number of ether oxygens (including phenoxy) is 1. The van der Waals surface area contributed by atoms with E-state index in [1.807, 2.05) is 86.6 Å². The van der Waals surface area contributed by atoms with Gasteiger partial charge in [0.25, 0.3) is 11.8 Å². The molecule has 1 aliphatic heterocycles. The van der Waals surface area contributed by atoms with Gasteiger partial charge in [0.05, 0.1) is 5.69 Å². The summed E-state index contributed by atoms with van der Waals surface area (Å²) in [6, 6.07) is 26.9. The highest BCUT2D eigenvalue weighted by molar-refractivity contribution is 9.10. The fourth-order valence-corrected chi connectivity index (χ4v) is 4.51. The number of aromatic nitrogens is 1. The molecule has 0 unspecified atom stereocenters. The highest BCUT2D eigenvalue weighted by Crippen LogP contribution is 2.27. The van der Waals surface area contributed by atoms with E-state index in [2.05, 4.69) is 25.9 Å². The van der Waals surface area contributed by atoms with Crippen molar-refractivity contribution in [1.29, 1.82) is 0 Å². The van der Waals surface area contributed by atoms with Gasteiger partial charge in [0.1, 0.15) is 17.9 Å². The molecule has 1 aromatic heterocycles. The number of anilines is 1. The average molecular weight is 542 g/mol. The number of carbonyl (C=O) groups excluding carboxylic acids is 2.